The summed E-state index contributed by atoms with van der Waals surface area (Å²) >= 11 is 0. The Morgan fingerprint density at radius 1 is 1.00 bits per heavy atom. The molecule has 3 rings (SSSR count). The van der Waals surface area contributed by atoms with Crippen LogP contribution in [0.15, 0.2) is 24.3 Å². The van der Waals surface area contributed by atoms with Crippen molar-refractivity contribution in [2.24, 2.45) is 23.7 Å². The van der Waals surface area contributed by atoms with E-state index in [1.807, 2.05) is 0 Å². The molecule has 2 bridgehead atoms. The summed E-state index contributed by atoms with van der Waals surface area (Å²) < 4.78 is 0. The summed E-state index contributed by atoms with van der Waals surface area (Å²) in [5, 5.41) is 0. The topological polar surface area (TPSA) is 0 Å². The van der Waals surface area contributed by atoms with Gasteiger partial charge in [0.2, 0.25) is 0 Å². The fourth-order valence-corrected chi connectivity index (χ4v) is 2.97. The molecular weight excluding hydrogens is 152 g/mol. The van der Waals surface area contributed by atoms with Crippen molar-refractivity contribution < 1.29 is 0 Å². The van der Waals surface area contributed by atoms with Crippen LogP contribution in [0.3, 0.4) is 0 Å². The number of rotatable bonds is 0. The summed E-state index contributed by atoms with van der Waals surface area (Å²) in [7, 11) is 0. The van der Waals surface area contributed by atoms with E-state index in [-0.39, 0.29) is 13.5 Å². The van der Waals surface area contributed by atoms with Gasteiger partial charge in [0.05, 0.1) is 0 Å². The number of fused-ring (bicyclic) bond motifs is 5. The maximum Gasteiger partial charge on any atom is -0.0133 e. The van der Waals surface area contributed by atoms with Gasteiger partial charge in [-0.1, -0.05) is 24.3 Å². The molecule has 0 N–H and O–H groups in total. The maximum absolute atomic E-state index is 2.44. The Hall–Kier alpha value is -0.170. The standard InChI is InChI=1S/C10H12.H2S/c1-2-9-7-4-5-8(6-7)10(9)3-1;/h1-2,4-5,7-10H,3,6H2;1H2/t7-,8+,9?,10?;/m0./s1. The second kappa shape index (κ2) is 2.41. The minimum absolute atomic E-state index is 0. The molecule has 3 aliphatic rings. The van der Waals surface area contributed by atoms with Crippen LogP contribution in [-0.2, 0) is 0 Å². The number of hydrogen-bond acceptors (Lipinski definition) is 0. The molecule has 0 aromatic rings. The second-order valence-electron chi connectivity index (χ2n) is 3.85. The van der Waals surface area contributed by atoms with Gasteiger partial charge in [0, 0.05) is 0 Å². The molecule has 0 saturated heterocycles. The van der Waals surface area contributed by atoms with Gasteiger partial charge in [-0.05, 0) is 36.5 Å². The highest BCUT2D eigenvalue weighted by Gasteiger charge is 2.44. The van der Waals surface area contributed by atoms with E-state index < -0.39 is 0 Å². The molecule has 1 saturated carbocycles. The quantitative estimate of drug-likeness (QED) is 0.485. The van der Waals surface area contributed by atoms with Crippen molar-refractivity contribution in [3.63, 3.8) is 0 Å². The SMILES string of the molecule is C1=CC2C(C1)[C@@H]1C=C[C@H]2C1.S. The Balaban J connectivity index is 0.000000480. The molecule has 0 radical (unpaired) electrons. The molecule has 3 aliphatic carbocycles. The first-order chi connectivity index (χ1) is 4.95. The van der Waals surface area contributed by atoms with Gasteiger partial charge in [0.1, 0.15) is 0 Å². The first kappa shape index (κ1) is 7.48. The normalized spacial score (nSPS) is 49.5. The van der Waals surface area contributed by atoms with Crippen LogP contribution in [-0.4, -0.2) is 0 Å². The average Bonchev–Trinajstić information content (AvgIpc) is 2.60. The summed E-state index contributed by atoms with van der Waals surface area (Å²) in [6.07, 6.45) is 12.5. The third kappa shape index (κ3) is 0.837. The summed E-state index contributed by atoms with van der Waals surface area (Å²) in [4.78, 5) is 0. The largest absolute Gasteiger partial charge is 0.197 e. The van der Waals surface area contributed by atoms with Crippen molar-refractivity contribution in [2.75, 3.05) is 0 Å². The van der Waals surface area contributed by atoms with Gasteiger partial charge in [-0.25, -0.2) is 0 Å². The molecule has 11 heavy (non-hydrogen) atoms. The van der Waals surface area contributed by atoms with E-state index in [1.54, 1.807) is 0 Å². The molecule has 0 spiro atoms. The number of allylic oxidation sites excluding steroid dienone is 4. The summed E-state index contributed by atoms with van der Waals surface area (Å²) in [5.74, 6) is 3.82. The van der Waals surface area contributed by atoms with Gasteiger partial charge < -0.3 is 0 Å². The van der Waals surface area contributed by atoms with Gasteiger partial charge in [0.25, 0.3) is 0 Å². The zero-order valence-corrected chi connectivity index (χ0v) is 7.53. The van der Waals surface area contributed by atoms with Crippen molar-refractivity contribution in [2.45, 2.75) is 12.8 Å². The lowest BCUT2D eigenvalue weighted by atomic mass is 9.86. The molecule has 1 fully saturated rings. The third-order valence-corrected chi connectivity index (χ3v) is 3.46. The van der Waals surface area contributed by atoms with E-state index in [9.17, 15) is 0 Å². The Bertz CT molecular complexity index is 217. The highest BCUT2D eigenvalue weighted by atomic mass is 32.1. The summed E-state index contributed by atoms with van der Waals surface area (Å²) in [6, 6.07) is 0. The van der Waals surface area contributed by atoms with E-state index in [0.29, 0.717) is 0 Å². The van der Waals surface area contributed by atoms with Crippen molar-refractivity contribution in [3.8, 4) is 0 Å². The first-order valence-corrected chi connectivity index (χ1v) is 4.30. The zero-order chi connectivity index (χ0) is 6.55. The molecule has 0 amide bonds. The van der Waals surface area contributed by atoms with Gasteiger partial charge in [-0.2, -0.15) is 13.5 Å². The molecule has 60 valence electrons. The Morgan fingerprint density at radius 2 is 1.82 bits per heavy atom. The van der Waals surface area contributed by atoms with Crippen molar-refractivity contribution in [1.82, 2.24) is 0 Å². The van der Waals surface area contributed by atoms with Crippen LogP contribution < -0.4 is 0 Å². The Kier molecular flexibility index (Phi) is 1.64. The molecule has 0 aromatic heterocycles. The lowest BCUT2D eigenvalue weighted by Crippen LogP contribution is -2.12. The fraction of sp³-hybridized carbons (Fsp3) is 0.600. The van der Waals surface area contributed by atoms with Crippen LogP contribution in [0.2, 0.25) is 0 Å². The first-order valence-electron chi connectivity index (χ1n) is 4.30. The van der Waals surface area contributed by atoms with Gasteiger partial charge in [0.15, 0.2) is 0 Å². The minimum Gasteiger partial charge on any atom is -0.197 e. The summed E-state index contributed by atoms with van der Waals surface area (Å²) in [5.41, 5.74) is 0. The monoisotopic (exact) mass is 166 g/mol. The molecule has 0 heterocycles. The van der Waals surface area contributed by atoms with Gasteiger partial charge in [-0.15, -0.1) is 0 Å². The molecule has 0 aromatic carbocycles. The lowest BCUT2D eigenvalue weighted by molar-refractivity contribution is 0.398. The lowest BCUT2D eigenvalue weighted by Gasteiger charge is -2.18. The zero-order valence-electron chi connectivity index (χ0n) is 6.53. The van der Waals surface area contributed by atoms with E-state index >= 15 is 0 Å². The van der Waals surface area contributed by atoms with E-state index in [0.717, 1.165) is 23.7 Å². The van der Waals surface area contributed by atoms with Crippen LogP contribution in [0.5, 0.6) is 0 Å². The van der Waals surface area contributed by atoms with Crippen LogP contribution in [0.4, 0.5) is 0 Å². The smallest absolute Gasteiger partial charge is 0.0133 e. The number of hydrogen-bond donors (Lipinski definition) is 0. The predicted molar refractivity (Wildman–Crippen MR) is 51.9 cm³/mol. The van der Waals surface area contributed by atoms with Crippen molar-refractivity contribution in [1.29, 1.82) is 0 Å². The predicted octanol–water partition coefficient (Wildman–Crippen LogP) is 2.50. The Labute approximate surface area is 74.8 Å². The van der Waals surface area contributed by atoms with Gasteiger partial charge in [-0.3, -0.25) is 0 Å². The molecule has 1 heteroatoms. The fourth-order valence-electron chi connectivity index (χ4n) is 2.97. The third-order valence-electron chi connectivity index (χ3n) is 3.46. The van der Waals surface area contributed by atoms with Crippen LogP contribution in [0, 0.1) is 23.7 Å². The molecule has 0 nitrogen and oxygen atoms in total. The molecule has 4 atom stereocenters. The maximum atomic E-state index is 2.44. The highest BCUT2D eigenvalue weighted by molar-refractivity contribution is 7.59. The molecule has 2 unspecified atom stereocenters. The highest BCUT2D eigenvalue weighted by Crippen LogP contribution is 2.52. The van der Waals surface area contributed by atoms with Crippen LogP contribution >= 0.6 is 13.5 Å². The van der Waals surface area contributed by atoms with Crippen LogP contribution in [0.1, 0.15) is 12.8 Å². The van der Waals surface area contributed by atoms with E-state index in [2.05, 4.69) is 24.3 Å². The minimum atomic E-state index is 0. The Morgan fingerprint density at radius 3 is 2.64 bits per heavy atom. The van der Waals surface area contributed by atoms with Crippen molar-refractivity contribution in [3.05, 3.63) is 24.3 Å². The molecule has 0 aliphatic heterocycles. The van der Waals surface area contributed by atoms with E-state index in [4.69, 9.17) is 0 Å². The van der Waals surface area contributed by atoms with Crippen LogP contribution in [0.25, 0.3) is 0 Å². The second-order valence-corrected chi connectivity index (χ2v) is 3.85. The average molecular weight is 166 g/mol. The summed E-state index contributed by atoms with van der Waals surface area (Å²) in [6.45, 7) is 0. The van der Waals surface area contributed by atoms with E-state index in [1.165, 1.54) is 12.8 Å². The van der Waals surface area contributed by atoms with Crippen molar-refractivity contribution >= 4 is 13.5 Å². The van der Waals surface area contributed by atoms with Gasteiger partial charge >= 0.3 is 0 Å². The molecular formula is C10H14S.